The minimum Gasteiger partial charge on any atom is -0.493 e. The third-order valence-corrected chi connectivity index (χ3v) is 3.41. The first-order chi connectivity index (χ1) is 8.33. The molecule has 3 rings (SSSR count). The van der Waals surface area contributed by atoms with E-state index < -0.39 is 0 Å². The normalized spacial score (nSPS) is 12.9. The van der Waals surface area contributed by atoms with E-state index in [1.807, 2.05) is 35.0 Å². The Hall–Kier alpha value is -1.81. The Morgan fingerprint density at radius 2 is 2.29 bits per heavy atom. The Morgan fingerprint density at radius 3 is 3.12 bits per heavy atom. The fourth-order valence-corrected chi connectivity index (χ4v) is 2.50. The van der Waals surface area contributed by atoms with Gasteiger partial charge in [0, 0.05) is 17.5 Å². The SMILES string of the molecule is O=C(Nc1ccc2c(c1)CCO2)c1ccsc1. The smallest absolute Gasteiger partial charge is 0.256 e. The molecule has 1 aliphatic rings. The molecule has 1 amide bonds. The number of hydrogen-bond donors (Lipinski definition) is 1. The van der Waals surface area contributed by atoms with Gasteiger partial charge in [-0.1, -0.05) is 0 Å². The molecule has 17 heavy (non-hydrogen) atoms. The van der Waals surface area contributed by atoms with Crippen LogP contribution in [0.3, 0.4) is 0 Å². The summed E-state index contributed by atoms with van der Waals surface area (Å²) in [6.45, 7) is 0.733. The quantitative estimate of drug-likeness (QED) is 0.883. The molecule has 1 aromatic carbocycles. The number of amides is 1. The lowest BCUT2D eigenvalue weighted by Gasteiger charge is -2.05. The number of thiophene rings is 1. The summed E-state index contributed by atoms with van der Waals surface area (Å²) in [6.07, 6.45) is 0.914. The third-order valence-electron chi connectivity index (χ3n) is 2.73. The molecule has 86 valence electrons. The van der Waals surface area contributed by atoms with E-state index in [1.165, 1.54) is 11.3 Å². The van der Waals surface area contributed by atoms with Crippen LogP contribution in [0, 0.1) is 0 Å². The highest BCUT2D eigenvalue weighted by atomic mass is 32.1. The largest absolute Gasteiger partial charge is 0.493 e. The van der Waals surface area contributed by atoms with Crippen molar-refractivity contribution in [2.24, 2.45) is 0 Å². The van der Waals surface area contributed by atoms with Crippen LogP contribution in [0.5, 0.6) is 5.75 Å². The van der Waals surface area contributed by atoms with E-state index in [-0.39, 0.29) is 5.91 Å². The number of carbonyl (C=O) groups excluding carboxylic acids is 1. The highest BCUT2D eigenvalue weighted by Gasteiger charge is 2.13. The van der Waals surface area contributed by atoms with Crippen LogP contribution in [0.25, 0.3) is 0 Å². The van der Waals surface area contributed by atoms with Gasteiger partial charge in [-0.2, -0.15) is 11.3 Å². The maximum absolute atomic E-state index is 11.8. The zero-order valence-corrected chi connectivity index (χ0v) is 9.92. The predicted octanol–water partition coefficient (Wildman–Crippen LogP) is 2.94. The van der Waals surface area contributed by atoms with Crippen molar-refractivity contribution in [3.05, 3.63) is 46.2 Å². The van der Waals surface area contributed by atoms with Crippen molar-refractivity contribution >= 4 is 22.9 Å². The average Bonchev–Trinajstić information content (AvgIpc) is 2.99. The van der Waals surface area contributed by atoms with Crippen LogP contribution in [0.2, 0.25) is 0 Å². The molecule has 0 bridgehead atoms. The maximum Gasteiger partial charge on any atom is 0.256 e. The summed E-state index contributed by atoms with van der Waals surface area (Å²) in [6, 6.07) is 7.57. The highest BCUT2D eigenvalue weighted by molar-refractivity contribution is 7.08. The maximum atomic E-state index is 11.8. The van der Waals surface area contributed by atoms with Gasteiger partial charge in [-0.25, -0.2) is 0 Å². The molecule has 2 heterocycles. The van der Waals surface area contributed by atoms with Crippen molar-refractivity contribution in [2.45, 2.75) is 6.42 Å². The van der Waals surface area contributed by atoms with Gasteiger partial charge in [0.05, 0.1) is 12.2 Å². The van der Waals surface area contributed by atoms with E-state index in [0.717, 1.165) is 30.0 Å². The lowest BCUT2D eigenvalue weighted by atomic mass is 10.1. The highest BCUT2D eigenvalue weighted by Crippen LogP contribution is 2.28. The molecule has 0 unspecified atom stereocenters. The van der Waals surface area contributed by atoms with Crippen LogP contribution >= 0.6 is 11.3 Å². The molecule has 0 saturated carbocycles. The number of anilines is 1. The zero-order valence-electron chi connectivity index (χ0n) is 9.10. The molecule has 0 spiro atoms. The van der Waals surface area contributed by atoms with Crippen LogP contribution in [0.1, 0.15) is 15.9 Å². The molecule has 0 radical (unpaired) electrons. The van der Waals surface area contributed by atoms with Crippen LogP contribution in [0.15, 0.2) is 35.0 Å². The Bertz CT molecular complexity index is 549. The Balaban J connectivity index is 1.80. The van der Waals surface area contributed by atoms with Gasteiger partial charge < -0.3 is 10.1 Å². The molecule has 0 saturated heterocycles. The van der Waals surface area contributed by atoms with Gasteiger partial charge in [-0.3, -0.25) is 4.79 Å². The van der Waals surface area contributed by atoms with Gasteiger partial charge >= 0.3 is 0 Å². The fraction of sp³-hybridized carbons (Fsp3) is 0.154. The molecule has 0 aliphatic carbocycles. The molecule has 1 N–H and O–H groups in total. The Labute approximate surface area is 103 Å². The topological polar surface area (TPSA) is 38.3 Å². The molecule has 0 fully saturated rings. The van der Waals surface area contributed by atoms with Gasteiger partial charge in [0.2, 0.25) is 0 Å². The molecule has 3 nitrogen and oxygen atoms in total. The van der Waals surface area contributed by atoms with Crippen molar-refractivity contribution < 1.29 is 9.53 Å². The lowest BCUT2D eigenvalue weighted by molar-refractivity contribution is 0.102. The van der Waals surface area contributed by atoms with Gasteiger partial charge in [0.15, 0.2) is 0 Å². The van der Waals surface area contributed by atoms with Gasteiger partial charge in [-0.15, -0.1) is 0 Å². The summed E-state index contributed by atoms with van der Waals surface area (Å²) in [5.74, 6) is 0.864. The monoisotopic (exact) mass is 245 g/mol. The van der Waals surface area contributed by atoms with Crippen molar-refractivity contribution in [3.8, 4) is 5.75 Å². The van der Waals surface area contributed by atoms with E-state index in [2.05, 4.69) is 5.32 Å². The van der Waals surface area contributed by atoms with E-state index in [4.69, 9.17) is 4.74 Å². The van der Waals surface area contributed by atoms with Crippen LogP contribution in [-0.4, -0.2) is 12.5 Å². The second-order valence-corrected chi connectivity index (χ2v) is 4.67. The summed E-state index contributed by atoms with van der Waals surface area (Å²) >= 11 is 1.52. The standard InChI is InChI=1S/C13H11NO2S/c15-13(10-4-6-17-8-10)14-11-1-2-12-9(7-11)3-5-16-12/h1-2,4,6-8H,3,5H2,(H,14,15). The molecular formula is C13H11NO2S. The second kappa shape index (κ2) is 4.22. The molecule has 1 aromatic heterocycles. The van der Waals surface area contributed by atoms with Crippen molar-refractivity contribution in [1.29, 1.82) is 0 Å². The number of hydrogen-bond acceptors (Lipinski definition) is 3. The first-order valence-electron chi connectivity index (χ1n) is 5.42. The van der Waals surface area contributed by atoms with Gasteiger partial charge in [0.25, 0.3) is 5.91 Å². The molecular weight excluding hydrogens is 234 g/mol. The molecule has 1 aliphatic heterocycles. The van der Waals surface area contributed by atoms with Crippen molar-refractivity contribution in [3.63, 3.8) is 0 Å². The fourth-order valence-electron chi connectivity index (χ4n) is 1.86. The summed E-state index contributed by atoms with van der Waals surface area (Å²) in [7, 11) is 0. The summed E-state index contributed by atoms with van der Waals surface area (Å²) in [4.78, 5) is 11.8. The minimum absolute atomic E-state index is 0.0647. The first-order valence-corrected chi connectivity index (χ1v) is 6.36. The summed E-state index contributed by atoms with van der Waals surface area (Å²) in [5, 5.41) is 6.62. The van der Waals surface area contributed by atoms with E-state index >= 15 is 0 Å². The lowest BCUT2D eigenvalue weighted by Crippen LogP contribution is -2.10. The predicted molar refractivity (Wildman–Crippen MR) is 67.9 cm³/mol. The average molecular weight is 245 g/mol. The molecule has 0 atom stereocenters. The molecule has 2 aromatic rings. The van der Waals surface area contributed by atoms with Crippen LogP contribution in [-0.2, 0) is 6.42 Å². The van der Waals surface area contributed by atoms with Crippen molar-refractivity contribution in [1.82, 2.24) is 0 Å². The van der Waals surface area contributed by atoms with E-state index in [9.17, 15) is 4.79 Å². The van der Waals surface area contributed by atoms with Crippen LogP contribution < -0.4 is 10.1 Å². The first kappa shape index (κ1) is 10.4. The number of fused-ring (bicyclic) bond motifs is 1. The number of ether oxygens (including phenoxy) is 1. The van der Waals surface area contributed by atoms with E-state index in [1.54, 1.807) is 0 Å². The Kier molecular flexibility index (Phi) is 2.57. The summed E-state index contributed by atoms with van der Waals surface area (Å²) < 4.78 is 5.42. The Morgan fingerprint density at radius 1 is 1.35 bits per heavy atom. The van der Waals surface area contributed by atoms with E-state index in [0.29, 0.717) is 5.56 Å². The third kappa shape index (κ3) is 2.03. The second-order valence-electron chi connectivity index (χ2n) is 3.89. The van der Waals surface area contributed by atoms with Gasteiger partial charge in [0.1, 0.15) is 5.75 Å². The summed E-state index contributed by atoms with van der Waals surface area (Å²) in [5.41, 5.74) is 2.69. The number of rotatable bonds is 2. The van der Waals surface area contributed by atoms with Crippen molar-refractivity contribution in [2.75, 3.05) is 11.9 Å². The minimum atomic E-state index is -0.0647. The van der Waals surface area contributed by atoms with Gasteiger partial charge in [-0.05, 0) is 35.2 Å². The number of carbonyl (C=O) groups is 1. The number of benzene rings is 1. The van der Waals surface area contributed by atoms with Crippen LogP contribution in [0.4, 0.5) is 5.69 Å². The molecule has 4 heteroatoms. The number of nitrogens with one attached hydrogen (secondary N) is 1. The zero-order chi connectivity index (χ0) is 11.7.